The van der Waals surface area contributed by atoms with E-state index in [0.717, 1.165) is 0 Å². The number of H-pyrrole nitrogens is 1. The first-order valence-electron chi connectivity index (χ1n) is 9.87. The van der Waals surface area contributed by atoms with Crippen molar-refractivity contribution in [3.05, 3.63) is 18.2 Å². The number of nitrogens with zero attached hydrogens (tertiary/aromatic N) is 1. The molecule has 2 nitrogen and oxygen atoms in total. The summed E-state index contributed by atoms with van der Waals surface area (Å²) in [6.45, 7) is 5.63. The Kier molecular flexibility index (Phi) is 12.1. The minimum Gasteiger partial charge on any atom is -0.250 e. The molecule has 0 saturated carbocycles. The van der Waals surface area contributed by atoms with E-state index in [1.807, 2.05) is 0 Å². The van der Waals surface area contributed by atoms with E-state index in [0.29, 0.717) is 0 Å². The van der Waals surface area contributed by atoms with E-state index in [1.54, 1.807) is 0 Å². The molecule has 128 valence electrons. The number of hydrogen-bond donors (Lipinski definition) is 1. The van der Waals surface area contributed by atoms with Crippen LogP contribution in [0.25, 0.3) is 0 Å². The second kappa shape index (κ2) is 13.8. The fourth-order valence-electron chi connectivity index (χ4n) is 3.15. The first kappa shape index (κ1) is 19.3. The molecule has 22 heavy (non-hydrogen) atoms. The summed E-state index contributed by atoms with van der Waals surface area (Å²) in [6.07, 6.45) is 24.2. The molecule has 0 amide bonds. The summed E-state index contributed by atoms with van der Waals surface area (Å²) >= 11 is 0. The number of hydrogen-bond acceptors (Lipinski definition) is 0. The van der Waals surface area contributed by atoms with Gasteiger partial charge in [0.25, 0.3) is 0 Å². The van der Waals surface area contributed by atoms with Gasteiger partial charge in [-0.25, -0.2) is 9.55 Å². The van der Waals surface area contributed by atoms with Gasteiger partial charge in [0.05, 0.1) is 6.54 Å². The second-order valence-corrected chi connectivity index (χ2v) is 6.87. The third-order valence-electron chi connectivity index (χ3n) is 4.73. The van der Waals surface area contributed by atoms with Crippen LogP contribution in [0.15, 0.2) is 12.5 Å². The number of imidazole rings is 1. The zero-order valence-corrected chi connectivity index (χ0v) is 15.2. The third kappa shape index (κ3) is 10.0. The van der Waals surface area contributed by atoms with E-state index in [1.165, 1.54) is 102 Å². The van der Waals surface area contributed by atoms with Crippen LogP contribution in [0.4, 0.5) is 0 Å². The van der Waals surface area contributed by atoms with Crippen molar-refractivity contribution < 1.29 is 4.57 Å². The van der Waals surface area contributed by atoms with Crippen molar-refractivity contribution >= 4 is 0 Å². The molecule has 0 aromatic carbocycles. The van der Waals surface area contributed by atoms with Gasteiger partial charge < -0.3 is 0 Å². The fourth-order valence-corrected chi connectivity index (χ4v) is 3.15. The Morgan fingerprint density at radius 3 is 1.59 bits per heavy atom. The summed E-state index contributed by atoms with van der Waals surface area (Å²) in [5.74, 6) is 0. The number of aromatic nitrogens is 2. The Bertz CT molecular complexity index is 343. The number of nitrogens with one attached hydrogen (secondary N) is 1. The largest absolute Gasteiger partial charge is 0.250 e. The predicted octanol–water partition coefficient (Wildman–Crippen LogP) is 6.09. The summed E-state index contributed by atoms with van der Waals surface area (Å²) in [5.41, 5.74) is 1.34. The van der Waals surface area contributed by atoms with Crippen LogP contribution in [-0.2, 0) is 6.54 Å². The molecule has 0 unspecified atom stereocenters. The zero-order chi connectivity index (χ0) is 15.9. The molecule has 1 N–H and O–H groups in total. The van der Waals surface area contributed by atoms with Crippen LogP contribution < -0.4 is 4.57 Å². The third-order valence-corrected chi connectivity index (χ3v) is 4.73. The van der Waals surface area contributed by atoms with Gasteiger partial charge >= 0.3 is 0 Å². The number of rotatable bonds is 15. The molecule has 0 spiro atoms. The first-order chi connectivity index (χ1) is 10.8. The van der Waals surface area contributed by atoms with Gasteiger partial charge in [-0.05, 0) is 12.8 Å². The lowest BCUT2D eigenvalue weighted by atomic mass is 10.0. The van der Waals surface area contributed by atoms with E-state index in [2.05, 4.69) is 35.9 Å². The highest BCUT2D eigenvalue weighted by molar-refractivity contribution is 4.79. The fraction of sp³-hybridized carbons (Fsp3) is 0.850. The van der Waals surface area contributed by atoms with Crippen molar-refractivity contribution in [2.45, 2.75) is 110 Å². The topological polar surface area (TPSA) is 19.7 Å². The number of aromatic amines is 1. The molecule has 0 fully saturated rings. The summed E-state index contributed by atoms with van der Waals surface area (Å²) in [5, 5.41) is 0. The van der Waals surface area contributed by atoms with Crippen LogP contribution in [0, 0.1) is 6.92 Å². The lowest BCUT2D eigenvalue weighted by Crippen LogP contribution is -2.33. The van der Waals surface area contributed by atoms with Crippen LogP contribution in [0.3, 0.4) is 0 Å². The van der Waals surface area contributed by atoms with Crippen molar-refractivity contribution in [2.24, 2.45) is 0 Å². The molecule has 2 heteroatoms. The smallest absolute Gasteiger partial charge is 0.241 e. The van der Waals surface area contributed by atoms with Gasteiger partial charge in [-0.3, -0.25) is 0 Å². The number of unbranched alkanes of at least 4 members (excludes halogenated alkanes) is 13. The molecule has 0 radical (unpaired) electrons. The average molecular weight is 308 g/mol. The van der Waals surface area contributed by atoms with Gasteiger partial charge in [0.15, 0.2) is 0 Å². The van der Waals surface area contributed by atoms with Gasteiger partial charge in [0, 0.05) is 6.92 Å². The predicted molar refractivity (Wildman–Crippen MR) is 96.0 cm³/mol. The second-order valence-electron chi connectivity index (χ2n) is 6.87. The molecule has 1 aromatic rings. The molecule has 0 aliphatic carbocycles. The minimum atomic E-state index is 1.17. The van der Waals surface area contributed by atoms with E-state index in [9.17, 15) is 0 Å². The van der Waals surface area contributed by atoms with Crippen molar-refractivity contribution in [3.8, 4) is 0 Å². The maximum Gasteiger partial charge on any atom is 0.241 e. The maximum atomic E-state index is 3.16. The standard InChI is InChI=1S/C20H38N2/c1-3-4-5-6-7-8-9-10-11-12-13-14-15-16-17-22-19-21-18-20(22)2/h18-19H,3-17H2,1-2H3/p+1. The van der Waals surface area contributed by atoms with Gasteiger partial charge in [-0.1, -0.05) is 84.0 Å². The lowest BCUT2D eigenvalue weighted by Gasteiger charge is -2.03. The summed E-state index contributed by atoms with van der Waals surface area (Å²) < 4.78 is 2.32. The Morgan fingerprint density at radius 1 is 0.727 bits per heavy atom. The van der Waals surface area contributed by atoms with Crippen molar-refractivity contribution in [2.75, 3.05) is 0 Å². The average Bonchev–Trinajstić information content (AvgIpc) is 2.93. The first-order valence-corrected chi connectivity index (χ1v) is 9.87. The van der Waals surface area contributed by atoms with Crippen molar-refractivity contribution in [1.29, 1.82) is 0 Å². The van der Waals surface area contributed by atoms with Crippen LogP contribution >= 0.6 is 0 Å². The molecule has 1 aromatic heterocycles. The van der Waals surface area contributed by atoms with Gasteiger partial charge in [0.1, 0.15) is 11.9 Å². The Labute approximate surface area is 138 Å². The molecule has 0 aliphatic rings. The van der Waals surface area contributed by atoms with Crippen LogP contribution in [-0.4, -0.2) is 4.98 Å². The van der Waals surface area contributed by atoms with Crippen LogP contribution in [0.2, 0.25) is 0 Å². The highest BCUT2D eigenvalue weighted by atomic mass is 15.0. The van der Waals surface area contributed by atoms with E-state index < -0.39 is 0 Å². The van der Waals surface area contributed by atoms with Crippen molar-refractivity contribution in [1.82, 2.24) is 4.98 Å². The monoisotopic (exact) mass is 307 g/mol. The zero-order valence-electron chi connectivity index (χ0n) is 15.2. The summed E-state index contributed by atoms with van der Waals surface area (Å²) in [4.78, 5) is 3.16. The minimum absolute atomic E-state index is 1.17. The SMILES string of the molecule is CCCCCCCCCCCCCCCC[n+]1c[nH]cc1C. The number of aryl methyl sites for hydroxylation is 2. The Morgan fingerprint density at radius 2 is 1.18 bits per heavy atom. The van der Waals surface area contributed by atoms with Crippen molar-refractivity contribution in [3.63, 3.8) is 0 Å². The molecular weight excluding hydrogens is 268 g/mol. The lowest BCUT2D eigenvalue weighted by molar-refractivity contribution is -0.701. The Hall–Kier alpha value is -0.790. The molecule has 0 aliphatic heterocycles. The molecule has 0 atom stereocenters. The summed E-state index contributed by atoms with van der Waals surface area (Å²) in [7, 11) is 0. The van der Waals surface area contributed by atoms with Gasteiger partial charge in [-0.2, -0.15) is 0 Å². The van der Waals surface area contributed by atoms with E-state index in [4.69, 9.17) is 0 Å². The molecule has 0 bridgehead atoms. The Balaban J connectivity index is 1.74. The quantitative estimate of drug-likeness (QED) is 0.299. The molecular formula is C20H39N2+. The summed E-state index contributed by atoms with van der Waals surface area (Å²) in [6, 6.07) is 0. The highest BCUT2D eigenvalue weighted by Crippen LogP contribution is 2.12. The highest BCUT2D eigenvalue weighted by Gasteiger charge is 2.02. The van der Waals surface area contributed by atoms with Gasteiger partial charge in [0.2, 0.25) is 6.33 Å². The van der Waals surface area contributed by atoms with Gasteiger partial charge in [-0.15, -0.1) is 0 Å². The maximum absolute atomic E-state index is 3.16. The molecule has 0 saturated heterocycles. The normalized spacial score (nSPS) is 11.2. The molecule has 1 rings (SSSR count). The van der Waals surface area contributed by atoms with E-state index >= 15 is 0 Å². The van der Waals surface area contributed by atoms with E-state index in [-0.39, 0.29) is 0 Å². The van der Waals surface area contributed by atoms with Crippen LogP contribution in [0.5, 0.6) is 0 Å². The molecule has 1 heterocycles. The van der Waals surface area contributed by atoms with Crippen LogP contribution in [0.1, 0.15) is 103 Å².